The van der Waals surface area contributed by atoms with E-state index in [1.54, 1.807) is 7.05 Å². The highest BCUT2D eigenvalue weighted by Gasteiger charge is 2.26. The van der Waals surface area contributed by atoms with Crippen molar-refractivity contribution in [1.29, 1.82) is 0 Å². The molecular formula is C18H36N4O4S. The first-order valence-corrected chi connectivity index (χ1v) is 11.8. The van der Waals surface area contributed by atoms with Crippen LogP contribution in [0.5, 0.6) is 0 Å². The van der Waals surface area contributed by atoms with Crippen LogP contribution in [-0.4, -0.2) is 83.2 Å². The molecule has 1 unspecified atom stereocenters. The van der Waals surface area contributed by atoms with Crippen molar-refractivity contribution in [1.82, 2.24) is 14.9 Å². The molecule has 2 aliphatic rings. The van der Waals surface area contributed by atoms with Gasteiger partial charge in [-0.25, -0.2) is 13.1 Å². The molecule has 27 heavy (non-hydrogen) atoms. The maximum atomic E-state index is 11.5. The minimum atomic E-state index is -3.25. The zero-order valence-electron chi connectivity index (χ0n) is 17.2. The summed E-state index contributed by atoms with van der Waals surface area (Å²) in [4.78, 5) is 6.55. The number of likely N-dealkylation sites (tertiary alicyclic amines) is 1. The molecule has 0 aromatic carbocycles. The van der Waals surface area contributed by atoms with Gasteiger partial charge in [0.25, 0.3) is 0 Å². The number of nitrogens with zero attached hydrogens (tertiary/aromatic N) is 2. The number of hydrogen-bond acceptors (Lipinski definition) is 5. The average molecular weight is 405 g/mol. The largest absolute Gasteiger partial charge is 0.376 e. The van der Waals surface area contributed by atoms with Crippen LogP contribution >= 0.6 is 0 Å². The summed E-state index contributed by atoms with van der Waals surface area (Å²) >= 11 is 0. The van der Waals surface area contributed by atoms with E-state index >= 15 is 0 Å². The normalized spacial score (nSPS) is 23.5. The van der Waals surface area contributed by atoms with E-state index in [0.717, 1.165) is 51.3 Å². The Bertz CT molecular complexity index is 580. The molecule has 0 amide bonds. The Balaban J connectivity index is 1.72. The van der Waals surface area contributed by atoms with Crippen molar-refractivity contribution < 1.29 is 17.9 Å². The minimum absolute atomic E-state index is 0.260. The Morgan fingerprint density at radius 3 is 2.52 bits per heavy atom. The van der Waals surface area contributed by atoms with Gasteiger partial charge in [-0.1, -0.05) is 0 Å². The van der Waals surface area contributed by atoms with Crippen LogP contribution in [0, 0.1) is 0 Å². The fourth-order valence-electron chi connectivity index (χ4n) is 3.59. The van der Waals surface area contributed by atoms with Gasteiger partial charge in [-0.3, -0.25) is 4.99 Å². The standard InChI is InChI=1S/C18H36N4O4S/c1-18(2,21-27(4,23)24)14-20-17(19-3)22-10-8-15(9-11-22)26-13-16-7-5-6-12-25-16/h15-16,21H,5-14H2,1-4H3,(H,19,20). The van der Waals surface area contributed by atoms with Gasteiger partial charge in [0.15, 0.2) is 5.96 Å². The van der Waals surface area contributed by atoms with E-state index in [-0.39, 0.29) is 12.2 Å². The van der Waals surface area contributed by atoms with Gasteiger partial charge in [0.05, 0.1) is 25.1 Å². The number of hydrogen-bond donors (Lipinski definition) is 2. The summed E-state index contributed by atoms with van der Waals surface area (Å²) in [5.41, 5.74) is -0.592. The Labute approximate surface area is 164 Å². The van der Waals surface area contributed by atoms with Gasteiger partial charge in [-0.15, -0.1) is 0 Å². The lowest BCUT2D eigenvalue weighted by Gasteiger charge is -2.36. The van der Waals surface area contributed by atoms with Gasteiger partial charge < -0.3 is 19.7 Å². The number of guanidine groups is 1. The minimum Gasteiger partial charge on any atom is -0.376 e. The fraction of sp³-hybridized carbons (Fsp3) is 0.944. The number of sulfonamides is 1. The number of ether oxygens (including phenoxy) is 2. The Kier molecular flexibility index (Phi) is 8.33. The molecule has 0 aromatic heterocycles. The van der Waals surface area contributed by atoms with Gasteiger partial charge >= 0.3 is 0 Å². The number of nitrogens with one attached hydrogen (secondary N) is 2. The van der Waals surface area contributed by atoms with Crippen molar-refractivity contribution in [3.05, 3.63) is 0 Å². The second kappa shape index (κ2) is 10.0. The lowest BCUT2D eigenvalue weighted by atomic mass is 10.1. The second-order valence-electron chi connectivity index (χ2n) is 8.17. The van der Waals surface area contributed by atoms with E-state index in [1.807, 2.05) is 13.8 Å². The Hall–Kier alpha value is -0.900. The Morgan fingerprint density at radius 1 is 1.26 bits per heavy atom. The van der Waals surface area contributed by atoms with E-state index in [9.17, 15) is 8.42 Å². The molecule has 2 fully saturated rings. The molecule has 158 valence electrons. The Morgan fingerprint density at radius 2 is 1.96 bits per heavy atom. The van der Waals surface area contributed by atoms with Crippen molar-refractivity contribution in [2.24, 2.45) is 4.99 Å². The zero-order valence-corrected chi connectivity index (χ0v) is 18.0. The highest BCUT2D eigenvalue weighted by atomic mass is 32.2. The molecule has 2 saturated heterocycles. The number of aliphatic imine (C=N–C) groups is 1. The quantitative estimate of drug-likeness (QED) is 0.485. The highest BCUT2D eigenvalue weighted by Crippen LogP contribution is 2.18. The smallest absolute Gasteiger partial charge is 0.209 e. The first kappa shape index (κ1) is 22.4. The number of rotatable bonds is 7. The predicted molar refractivity (Wildman–Crippen MR) is 108 cm³/mol. The summed E-state index contributed by atoms with van der Waals surface area (Å²) in [6.45, 7) is 7.46. The van der Waals surface area contributed by atoms with E-state index in [4.69, 9.17) is 9.47 Å². The van der Waals surface area contributed by atoms with Crippen molar-refractivity contribution in [2.75, 3.05) is 46.2 Å². The highest BCUT2D eigenvalue weighted by molar-refractivity contribution is 7.88. The molecule has 9 heteroatoms. The molecular weight excluding hydrogens is 368 g/mol. The maximum absolute atomic E-state index is 11.5. The van der Waals surface area contributed by atoms with Crippen LogP contribution in [0.4, 0.5) is 0 Å². The third kappa shape index (κ3) is 8.33. The monoisotopic (exact) mass is 404 g/mol. The molecule has 0 radical (unpaired) electrons. The first-order valence-electron chi connectivity index (χ1n) is 9.86. The molecule has 2 aliphatic heterocycles. The summed E-state index contributed by atoms with van der Waals surface area (Å²) in [6.07, 6.45) is 7.12. The van der Waals surface area contributed by atoms with Crippen molar-refractivity contribution in [3.63, 3.8) is 0 Å². The average Bonchev–Trinajstić information content (AvgIpc) is 2.60. The molecule has 1 atom stereocenters. The first-order chi connectivity index (χ1) is 12.7. The third-order valence-electron chi connectivity index (χ3n) is 4.90. The lowest BCUT2D eigenvalue weighted by Crippen LogP contribution is -2.54. The number of piperidine rings is 1. The van der Waals surface area contributed by atoms with Gasteiger partial charge in [-0.2, -0.15) is 0 Å². The fourth-order valence-corrected chi connectivity index (χ4v) is 4.66. The van der Waals surface area contributed by atoms with Crippen LogP contribution in [0.1, 0.15) is 46.0 Å². The van der Waals surface area contributed by atoms with Crippen molar-refractivity contribution in [3.8, 4) is 0 Å². The van der Waals surface area contributed by atoms with E-state index in [0.29, 0.717) is 13.2 Å². The van der Waals surface area contributed by atoms with E-state index in [1.165, 1.54) is 12.7 Å². The summed E-state index contributed by atoms with van der Waals surface area (Å²) in [6, 6.07) is 0. The molecule has 0 saturated carbocycles. The molecule has 0 aromatic rings. The molecule has 8 nitrogen and oxygen atoms in total. The molecule has 2 N–H and O–H groups in total. The molecule has 2 rings (SSSR count). The van der Waals surface area contributed by atoms with Gasteiger partial charge in [-0.05, 0) is 46.0 Å². The van der Waals surface area contributed by atoms with Crippen LogP contribution in [-0.2, 0) is 19.5 Å². The maximum Gasteiger partial charge on any atom is 0.209 e. The van der Waals surface area contributed by atoms with Crippen LogP contribution in [0.15, 0.2) is 4.99 Å². The summed E-state index contributed by atoms with van der Waals surface area (Å²) in [7, 11) is -1.50. The SMILES string of the molecule is CN=C(NCC(C)(C)NS(C)(=O)=O)N1CCC(OCC2CCCCO2)CC1. The summed E-state index contributed by atoms with van der Waals surface area (Å²) in [5.74, 6) is 0.799. The topological polar surface area (TPSA) is 92.3 Å². The lowest BCUT2D eigenvalue weighted by molar-refractivity contribution is -0.0721. The van der Waals surface area contributed by atoms with E-state index < -0.39 is 15.6 Å². The van der Waals surface area contributed by atoms with Crippen LogP contribution in [0.25, 0.3) is 0 Å². The van der Waals surface area contributed by atoms with Gasteiger partial charge in [0.1, 0.15) is 0 Å². The second-order valence-corrected chi connectivity index (χ2v) is 9.92. The van der Waals surface area contributed by atoms with Crippen LogP contribution in [0.2, 0.25) is 0 Å². The molecule has 2 heterocycles. The van der Waals surface area contributed by atoms with E-state index in [2.05, 4.69) is 19.9 Å². The van der Waals surface area contributed by atoms with Gasteiger partial charge in [0.2, 0.25) is 10.0 Å². The zero-order chi connectivity index (χ0) is 19.9. The molecule has 0 aliphatic carbocycles. The molecule has 0 bridgehead atoms. The third-order valence-corrected chi connectivity index (χ3v) is 5.82. The van der Waals surface area contributed by atoms with Crippen molar-refractivity contribution >= 4 is 16.0 Å². The molecule has 0 spiro atoms. The predicted octanol–water partition coefficient (Wildman–Crippen LogP) is 0.940. The van der Waals surface area contributed by atoms with Crippen LogP contribution < -0.4 is 10.0 Å². The van der Waals surface area contributed by atoms with Gasteiger partial charge in [0, 0.05) is 38.8 Å². The summed E-state index contributed by atoms with van der Waals surface area (Å²) < 4.78 is 37.4. The summed E-state index contributed by atoms with van der Waals surface area (Å²) in [5, 5.41) is 3.29. The van der Waals surface area contributed by atoms with Crippen LogP contribution in [0.3, 0.4) is 0 Å². The van der Waals surface area contributed by atoms with Crippen molar-refractivity contribution in [2.45, 2.75) is 63.7 Å².